The summed E-state index contributed by atoms with van der Waals surface area (Å²) in [7, 11) is 3.03. The molecular weight excluding hydrogens is 847 g/mol. The molecule has 7 bridgehead atoms. The molecule has 8 rings (SSSR count). The quantitative estimate of drug-likeness (QED) is 0.120. The third kappa shape index (κ3) is 8.37. The lowest BCUT2D eigenvalue weighted by Gasteiger charge is -2.33. The van der Waals surface area contributed by atoms with Gasteiger partial charge in [0.15, 0.2) is 22.4 Å². The number of carbonyl (C=O) groups excluding carboxylic acids is 3. The van der Waals surface area contributed by atoms with Crippen LogP contribution in [0.1, 0.15) is 54.0 Å². The molecule has 1 aromatic heterocycles. The van der Waals surface area contributed by atoms with Crippen molar-refractivity contribution in [2.24, 2.45) is 17.8 Å². The van der Waals surface area contributed by atoms with Crippen molar-refractivity contribution >= 4 is 62.2 Å². The summed E-state index contributed by atoms with van der Waals surface area (Å²) < 4.78 is 42.5. The number of hydrogen-bond acceptors (Lipinski definition) is 16. The van der Waals surface area contributed by atoms with E-state index < -0.39 is 88.1 Å². The molecule has 1 saturated heterocycles. The molecule has 4 aromatic rings. The molecule has 0 aliphatic carbocycles. The normalized spacial score (nSPS) is 28.8. The van der Waals surface area contributed by atoms with E-state index in [2.05, 4.69) is 10.3 Å². The number of anilines is 1. The number of methoxy groups -OCH3 is 1. The number of allylic oxidation sites excluding steroid dienone is 2. The molecule has 9 atom stereocenters. The first-order valence-corrected chi connectivity index (χ1v) is 21.1. The zero-order valence-electron chi connectivity index (χ0n) is 37.7. The number of carbonyl (C=O) groups is 3. The van der Waals surface area contributed by atoms with Crippen LogP contribution < -0.4 is 30.9 Å². The number of aliphatic hydroxyl groups excluding tert-OH is 2. The van der Waals surface area contributed by atoms with Crippen LogP contribution in [0.25, 0.3) is 38.7 Å². The van der Waals surface area contributed by atoms with Gasteiger partial charge in [-0.3, -0.25) is 24.0 Å². The van der Waals surface area contributed by atoms with Gasteiger partial charge in [-0.1, -0.05) is 39.0 Å². The number of nitrogens with zero attached hydrogens (tertiary/aromatic N) is 2. The van der Waals surface area contributed by atoms with E-state index in [1.165, 1.54) is 77.2 Å². The Labute approximate surface area is 372 Å². The highest BCUT2D eigenvalue weighted by atomic mass is 16.7. The second kappa shape index (κ2) is 17.8. The first-order valence-electron chi connectivity index (χ1n) is 21.1. The topological polar surface area (TPSA) is 243 Å². The van der Waals surface area contributed by atoms with Gasteiger partial charge in [0.25, 0.3) is 5.91 Å². The third-order valence-corrected chi connectivity index (χ3v) is 12.5. The van der Waals surface area contributed by atoms with Crippen LogP contribution >= 0.6 is 0 Å². The number of fused-ring (bicyclic) bond motifs is 9. The minimum atomic E-state index is -2.00. The summed E-state index contributed by atoms with van der Waals surface area (Å²) in [5.41, 5.74) is -2.65. The Morgan fingerprint density at radius 2 is 1.72 bits per heavy atom. The fourth-order valence-electron chi connectivity index (χ4n) is 8.58. The van der Waals surface area contributed by atoms with Gasteiger partial charge in [-0.05, 0) is 19.9 Å². The van der Waals surface area contributed by atoms with Gasteiger partial charge in [0.2, 0.25) is 16.8 Å². The number of amides is 2. The number of aliphatic hydroxyl groups is 2. The number of benzene rings is 3. The number of hydrogen-bond donors (Lipinski definition) is 4. The van der Waals surface area contributed by atoms with Crippen LogP contribution in [0, 0.1) is 24.7 Å². The number of likely N-dealkylation sites (N-methyl/N-ethyl adjacent to an activating group) is 1. The van der Waals surface area contributed by atoms with Gasteiger partial charge in [0.05, 0.1) is 41.7 Å². The second-order valence-electron chi connectivity index (χ2n) is 17.0. The zero-order chi connectivity index (χ0) is 47.4. The van der Waals surface area contributed by atoms with Crippen molar-refractivity contribution in [2.75, 3.05) is 32.6 Å². The third-order valence-electron chi connectivity index (χ3n) is 12.5. The molecule has 3 aromatic carbocycles. The summed E-state index contributed by atoms with van der Waals surface area (Å²) in [4.78, 5) is 72.7. The Kier molecular flexibility index (Phi) is 12.7. The fraction of sp³-hybridized carbons (Fsp3) is 0.447. The number of phenols is 1. The van der Waals surface area contributed by atoms with E-state index in [0.29, 0.717) is 0 Å². The molecule has 5 heterocycles. The van der Waals surface area contributed by atoms with Crippen LogP contribution in [0.2, 0.25) is 0 Å². The lowest BCUT2D eigenvalue weighted by Crippen LogP contribution is -2.46. The number of nitrogens with one attached hydrogen (secondary N) is 1. The van der Waals surface area contributed by atoms with Gasteiger partial charge >= 0.3 is 11.8 Å². The molecule has 1 fully saturated rings. The van der Waals surface area contributed by atoms with Crippen molar-refractivity contribution in [3.63, 3.8) is 0 Å². The van der Waals surface area contributed by atoms with Gasteiger partial charge < -0.3 is 58.4 Å². The highest BCUT2D eigenvalue weighted by molar-refractivity contribution is 6.16. The van der Waals surface area contributed by atoms with Crippen LogP contribution in [0.15, 0.2) is 62.3 Å². The highest BCUT2D eigenvalue weighted by Gasteiger charge is 2.50. The molecule has 0 saturated carbocycles. The molecule has 18 nitrogen and oxygen atoms in total. The van der Waals surface area contributed by atoms with Gasteiger partial charge in [0.1, 0.15) is 47.3 Å². The summed E-state index contributed by atoms with van der Waals surface area (Å²) in [5, 5.41) is 37.4. The van der Waals surface area contributed by atoms with E-state index in [1.807, 2.05) is 13.8 Å². The molecule has 4 N–H and O–H groups in total. The molecule has 0 spiro atoms. The van der Waals surface area contributed by atoms with Gasteiger partial charge in [0, 0.05) is 81.3 Å². The minimum Gasteiger partial charge on any atom is -0.507 e. The summed E-state index contributed by atoms with van der Waals surface area (Å²) in [6, 6.07) is 2.56. The summed E-state index contributed by atoms with van der Waals surface area (Å²) in [6.45, 7) is 12.7. The van der Waals surface area contributed by atoms with E-state index in [0.717, 1.165) is 0 Å². The summed E-state index contributed by atoms with van der Waals surface area (Å²) in [6.07, 6.45) is 3.33. The Morgan fingerprint density at radius 3 is 2.40 bits per heavy atom. The molecule has 65 heavy (non-hydrogen) atoms. The Balaban J connectivity index is 1.46. The number of aromatic hydroxyl groups is 1. The number of rotatable bonds is 6. The maximum atomic E-state index is 14.8. The van der Waals surface area contributed by atoms with E-state index >= 15 is 0 Å². The SMILES string of the molecule is CO[C@H]1/C=C/O[C@@]2(C)Oc3c(C)c(O)c4c(=O)c(c5oc6cc(OCCN(C)C(C)=O)cc(=O)c6nc5c4c3=C2O)NC(=O)/C(C)=C\C=C\[C@H](C)[C@@H]2O[C@H]([C@H](O)[C@@H]2C)[C@H](OC(C)=O)[C@@H]1C. The number of ether oxygens (including phenoxy) is 6. The van der Waals surface area contributed by atoms with Crippen molar-refractivity contribution < 1.29 is 62.5 Å². The second-order valence-corrected chi connectivity index (χ2v) is 17.0. The average Bonchev–Trinajstić information content (AvgIpc) is 3.70. The first kappa shape index (κ1) is 46.5. The van der Waals surface area contributed by atoms with Crippen molar-refractivity contribution in [1.29, 1.82) is 0 Å². The maximum Gasteiger partial charge on any atom is 0.307 e. The Hall–Kier alpha value is -6.50. The van der Waals surface area contributed by atoms with Crippen LogP contribution in [0.4, 0.5) is 5.69 Å². The average molecular weight is 900 g/mol. The zero-order valence-corrected chi connectivity index (χ0v) is 37.7. The predicted octanol–water partition coefficient (Wildman–Crippen LogP) is 4.19. The molecule has 346 valence electrons. The fourth-order valence-corrected chi connectivity index (χ4v) is 8.58. The number of esters is 1. The lowest BCUT2D eigenvalue weighted by atomic mass is 9.86. The van der Waals surface area contributed by atoms with Gasteiger partial charge in [-0.15, -0.1) is 0 Å². The molecule has 0 unspecified atom stereocenters. The van der Waals surface area contributed by atoms with Crippen LogP contribution in [0.3, 0.4) is 0 Å². The first-order chi connectivity index (χ1) is 30.7. The van der Waals surface area contributed by atoms with Gasteiger partial charge in [-0.25, -0.2) is 4.98 Å². The molecule has 18 heteroatoms. The summed E-state index contributed by atoms with van der Waals surface area (Å²) >= 11 is 0. The van der Waals surface area contributed by atoms with E-state index in [1.54, 1.807) is 26.1 Å². The predicted molar refractivity (Wildman–Crippen MR) is 237 cm³/mol. The standard InChI is InChI=1S/C47H53N3O15/c1-20-12-11-13-21(2)46(58)49-36-39(56)32-31(35-43(36)63-30-19-27(18-28(53)34(30)48-35)60-17-15-50(9)25(6)51)33-41(23(4)37(32)54)65-47(8,45(33)57)61-16-14-29(59-10)22(3)42(62-26(7)52)44-38(55)24(5)40(20)64-44/h11-14,16,18-20,22,24,29,38,40,42,44,54-55,57H,15,17H2,1-10H3,(H,49,58)/b12-11+,16-14+,21-13-/t20-,22+,24-,29-,38+,40-,42+,44+,47-/m0/s1. The Bertz CT molecular complexity index is 2890. The molecule has 2 amide bonds. The number of phenolic OH excluding ortho intramolecular Hbond substituents is 1. The molecule has 0 radical (unpaired) electrons. The molecular formula is C47H53N3O15. The van der Waals surface area contributed by atoms with Crippen LogP contribution in [-0.4, -0.2) is 107 Å². The largest absolute Gasteiger partial charge is 0.507 e. The maximum absolute atomic E-state index is 14.8. The van der Waals surface area contributed by atoms with Crippen LogP contribution in [-0.2, 0) is 33.3 Å². The smallest absolute Gasteiger partial charge is 0.307 e. The van der Waals surface area contributed by atoms with E-state index in [4.69, 9.17) is 32.8 Å². The van der Waals surface area contributed by atoms with Crippen LogP contribution in [0.5, 0.6) is 17.2 Å². The van der Waals surface area contributed by atoms with Crippen molar-refractivity contribution in [1.82, 2.24) is 9.88 Å². The van der Waals surface area contributed by atoms with Crippen molar-refractivity contribution in [3.8, 4) is 17.2 Å². The van der Waals surface area contributed by atoms with Gasteiger partial charge in [-0.2, -0.15) is 0 Å². The highest BCUT2D eigenvalue weighted by Crippen LogP contribution is 2.43. The summed E-state index contributed by atoms with van der Waals surface area (Å²) in [5.74, 6) is -6.00. The molecule has 4 aliphatic rings. The monoisotopic (exact) mass is 899 g/mol. The molecule has 4 aliphatic heterocycles. The lowest BCUT2D eigenvalue weighted by molar-refractivity contribution is -0.168. The van der Waals surface area contributed by atoms with Crippen molar-refractivity contribution in [3.05, 3.63) is 79.5 Å². The Morgan fingerprint density at radius 1 is 1.00 bits per heavy atom. The van der Waals surface area contributed by atoms with E-state index in [-0.39, 0.29) is 85.8 Å². The van der Waals surface area contributed by atoms with E-state index in [9.17, 15) is 39.3 Å². The minimum absolute atomic E-state index is 0.0303. The number of aromatic nitrogens is 1. The van der Waals surface area contributed by atoms with Crippen molar-refractivity contribution in [2.45, 2.75) is 91.7 Å².